The highest BCUT2D eigenvalue weighted by Gasteiger charge is 2.23. The Hall–Kier alpha value is -1.94. The number of ether oxygens (including phenoxy) is 1. The van der Waals surface area contributed by atoms with Crippen molar-refractivity contribution in [3.8, 4) is 11.6 Å². The second kappa shape index (κ2) is 5.60. The van der Waals surface area contributed by atoms with Crippen molar-refractivity contribution in [1.82, 2.24) is 9.97 Å². The summed E-state index contributed by atoms with van der Waals surface area (Å²) in [6.07, 6.45) is 5.10. The van der Waals surface area contributed by atoms with Gasteiger partial charge in [0, 0.05) is 4.88 Å². The molecule has 1 aromatic carbocycles. The summed E-state index contributed by atoms with van der Waals surface area (Å²) in [7, 11) is 0. The zero-order chi connectivity index (χ0) is 16.0. The Labute approximate surface area is 140 Å². The van der Waals surface area contributed by atoms with Crippen LogP contribution >= 0.6 is 11.3 Å². The number of rotatable bonds is 2. The number of aryl methyl sites for hydroxylation is 3. The van der Waals surface area contributed by atoms with Crippen LogP contribution in [0.1, 0.15) is 34.9 Å². The molecule has 118 valence electrons. The molecule has 4 rings (SSSR count). The molecule has 0 radical (unpaired) electrons. The summed E-state index contributed by atoms with van der Waals surface area (Å²) < 4.78 is 6.13. The minimum Gasteiger partial charge on any atom is -0.438 e. The molecule has 2 heterocycles. The molecule has 0 N–H and O–H groups in total. The Kier molecular flexibility index (Phi) is 3.57. The average molecular weight is 324 g/mol. The predicted molar refractivity (Wildman–Crippen MR) is 94.6 cm³/mol. The molecule has 1 atom stereocenters. The Bertz CT molecular complexity index is 884. The molecule has 0 fully saturated rings. The van der Waals surface area contributed by atoms with E-state index in [2.05, 4.69) is 42.9 Å². The molecule has 0 saturated heterocycles. The smallest absolute Gasteiger partial charge is 0.231 e. The Morgan fingerprint density at radius 1 is 1.17 bits per heavy atom. The van der Waals surface area contributed by atoms with Gasteiger partial charge in [0.1, 0.15) is 16.9 Å². The van der Waals surface area contributed by atoms with Gasteiger partial charge < -0.3 is 4.74 Å². The third-order valence-electron chi connectivity index (χ3n) is 4.75. The van der Waals surface area contributed by atoms with Crippen molar-refractivity contribution in [3.63, 3.8) is 0 Å². The molecule has 3 aromatic rings. The van der Waals surface area contributed by atoms with Crippen LogP contribution in [0.5, 0.6) is 11.6 Å². The van der Waals surface area contributed by atoms with Crippen molar-refractivity contribution in [1.29, 1.82) is 0 Å². The van der Waals surface area contributed by atoms with Gasteiger partial charge in [-0.25, -0.2) is 9.97 Å². The van der Waals surface area contributed by atoms with E-state index in [-0.39, 0.29) is 0 Å². The van der Waals surface area contributed by atoms with Gasteiger partial charge in [-0.3, -0.25) is 0 Å². The van der Waals surface area contributed by atoms with Gasteiger partial charge in [-0.1, -0.05) is 13.0 Å². The van der Waals surface area contributed by atoms with Crippen LogP contribution in [-0.2, 0) is 12.8 Å². The van der Waals surface area contributed by atoms with E-state index in [4.69, 9.17) is 4.74 Å². The lowest BCUT2D eigenvalue weighted by Crippen LogP contribution is -2.08. The average Bonchev–Trinajstić information content (AvgIpc) is 2.89. The maximum atomic E-state index is 6.13. The standard InChI is InChI=1S/C19H20N2OS/c1-11-4-7-15-16(8-11)23-19-17(15)18(20-10-21-19)22-14-6-5-12(2)13(3)9-14/h5-6,9-11H,4,7-8H2,1-3H3/t11-/m1/s1. The minimum absolute atomic E-state index is 0.699. The fourth-order valence-electron chi connectivity index (χ4n) is 3.21. The fraction of sp³-hybridized carbons (Fsp3) is 0.368. The van der Waals surface area contributed by atoms with Crippen LogP contribution in [0.15, 0.2) is 24.5 Å². The summed E-state index contributed by atoms with van der Waals surface area (Å²) in [5.74, 6) is 2.30. The van der Waals surface area contributed by atoms with Crippen LogP contribution in [0.25, 0.3) is 10.2 Å². The topological polar surface area (TPSA) is 35.0 Å². The van der Waals surface area contributed by atoms with E-state index in [1.807, 2.05) is 6.07 Å². The van der Waals surface area contributed by atoms with Gasteiger partial charge in [0.25, 0.3) is 0 Å². The van der Waals surface area contributed by atoms with Crippen LogP contribution < -0.4 is 4.74 Å². The molecule has 1 aliphatic rings. The van der Waals surface area contributed by atoms with E-state index in [1.54, 1.807) is 17.7 Å². The number of fused-ring (bicyclic) bond motifs is 3. The Balaban J connectivity index is 1.79. The van der Waals surface area contributed by atoms with Crippen LogP contribution in [0.3, 0.4) is 0 Å². The zero-order valence-corrected chi connectivity index (χ0v) is 14.5. The summed E-state index contributed by atoms with van der Waals surface area (Å²) in [5.41, 5.74) is 3.91. The van der Waals surface area contributed by atoms with Crippen LogP contribution in [0, 0.1) is 19.8 Å². The van der Waals surface area contributed by atoms with E-state index < -0.39 is 0 Å². The van der Waals surface area contributed by atoms with E-state index in [1.165, 1.54) is 28.0 Å². The monoisotopic (exact) mass is 324 g/mol. The lowest BCUT2D eigenvalue weighted by atomic mass is 9.89. The van der Waals surface area contributed by atoms with Crippen LogP contribution in [0.2, 0.25) is 0 Å². The Morgan fingerprint density at radius 3 is 2.87 bits per heavy atom. The molecular weight excluding hydrogens is 304 g/mol. The van der Waals surface area contributed by atoms with Crippen molar-refractivity contribution >= 4 is 21.6 Å². The highest BCUT2D eigenvalue weighted by atomic mass is 32.1. The number of nitrogens with zero attached hydrogens (tertiary/aromatic N) is 2. The van der Waals surface area contributed by atoms with E-state index in [9.17, 15) is 0 Å². The molecule has 0 saturated carbocycles. The van der Waals surface area contributed by atoms with Gasteiger partial charge >= 0.3 is 0 Å². The molecule has 0 spiro atoms. The molecule has 1 aliphatic carbocycles. The molecule has 23 heavy (non-hydrogen) atoms. The third kappa shape index (κ3) is 2.61. The number of hydrogen-bond acceptors (Lipinski definition) is 4. The van der Waals surface area contributed by atoms with Gasteiger partial charge in [0.15, 0.2) is 0 Å². The van der Waals surface area contributed by atoms with Gasteiger partial charge in [0.05, 0.1) is 5.39 Å². The predicted octanol–water partition coefficient (Wildman–Crippen LogP) is 5.23. The molecule has 0 aliphatic heterocycles. The van der Waals surface area contributed by atoms with Crippen molar-refractivity contribution in [3.05, 3.63) is 46.1 Å². The van der Waals surface area contributed by atoms with Gasteiger partial charge in [0.2, 0.25) is 5.88 Å². The molecule has 3 nitrogen and oxygen atoms in total. The lowest BCUT2D eigenvalue weighted by Gasteiger charge is -2.18. The maximum absolute atomic E-state index is 6.13. The van der Waals surface area contributed by atoms with Gasteiger partial charge in [-0.05, 0) is 67.9 Å². The lowest BCUT2D eigenvalue weighted by molar-refractivity contribution is 0.466. The zero-order valence-electron chi connectivity index (χ0n) is 13.7. The second-order valence-corrected chi connectivity index (χ2v) is 7.64. The molecule has 0 bridgehead atoms. The van der Waals surface area contributed by atoms with Gasteiger partial charge in [-0.2, -0.15) is 0 Å². The summed E-state index contributed by atoms with van der Waals surface area (Å²) in [5, 5.41) is 1.12. The minimum atomic E-state index is 0.699. The highest BCUT2D eigenvalue weighted by Crippen LogP contribution is 2.41. The first-order chi connectivity index (χ1) is 11.1. The number of thiophene rings is 1. The second-order valence-electron chi connectivity index (χ2n) is 6.56. The molecular formula is C19H20N2OS. The summed E-state index contributed by atoms with van der Waals surface area (Å²) >= 11 is 1.80. The summed E-state index contributed by atoms with van der Waals surface area (Å²) in [6, 6.07) is 6.18. The largest absolute Gasteiger partial charge is 0.438 e. The first-order valence-corrected chi connectivity index (χ1v) is 8.94. The quantitative estimate of drug-likeness (QED) is 0.648. The van der Waals surface area contributed by atoms with Crippen molar-refractivity contribution in [2.45, 2.75) is 40.0 Å². The van der Waals surface area contributed by atoms with Crippen molar-refractivity contribution in [2.75, 3.05) is 0 Å². The maximum Gasteiger partial charge on any atom is 0.231 e. The summed E-state index contributed by atoms with van der Waals surface area (Å²) in [6.45, 7) is 6.54. The van der Waals surface area contributed by atoms with E-state index >= 15 is 0 Å². The van der Waals surface area contributed by atoms with Crippen molar-refractivity contribution < 1.29 is 4.74 Å². The highest BCUT2D eigenvalue weighted by molar-refractivity contribution is 7.18. The first-order valence-electron chi connectivity index (χ1n) is 8.12. The van der Waals surface area contributed by atoms with Crippen LogP contribution in [-0.4, -0.2) is 9.97 Å². The number of hydrogen-bond donors (Lipinski definition) is 0. The third-order valence-corrected chi connectivity index (χ3v) is 5.91. The molecule has 0 unspecified atom stereocenters. The van der Waals surface area contributed by atoms with E-state index in [0.717, 1.165) is 34.7 Å². The SMILES string of the molecule is Cc1ccc(Oc2ncnc3sc4c(c23)CC[C@@H](C)C4)cc1C. The number of aromatic nitrogens is 2. The molecule has 0 amide bonds. The van der Waals surface area contributed by atoms with Gasteiger partial charge in [-0.15, -0.1) is 11.3 Å². The van der Waals surface area contributed by atoms with Crippen molar-refractivity contribution in [2.24, 2.45) is 5.92 Å². The van der Waals surface area contributed by atoms with Crippen LogP contribution in [0.4, 0.5) is 0 Å². The molecule has 4 heteroatoms. The normalized spacial score (nSPS) is 17.3. The Morgan fingerprint density at radius 2 is 2.04 bits per heavy atom. The van der Waals surface area contributed by atoms with E-state index in [0.29, 0.717) is 5.88 Å². The summed E-state index contributed by atoms with van der Waals surface area (Å²) in [4.78, 5) is 11.4. The fourth-order valence-corrected chi connectivity index (χ4v) is 4.55. The first kappa shape index (κ1) is 14.6. The number of benzene rings is 1. The molecule has 2 aromatic heterocycles.